The first-order valence-electron chi connectivity index (χ1n) is 6.06. The number of nitrogens with two attached hydrogens (primary N) is 1. The van der Waals surface area contributed by atoms with E-state index in [0.717, 1.165) is 16.4 Å². The first-order valence-corrected chi connectivity index (χ1v) is 7.88. The number of halogens is 2. The van der Waals surface area contributed by atoms with Crippen molar-refractivity contribution in [1.82, 2.24) is 4.31 Å². The van der Waals surface area contributed by atoms with Gasteiger partial charge in [-0.25, -0.2) is 17.1 Å². The lowest BCUT2D eigenvalue weighted by atomic mass is 10.3. The summed E-state index contributed by atoms with van der Waals surface area (Å²) in [5.74, 6) is -1.61. The summed E-state index contributed by atoms with van der Waals surface area (Å²) < 4.78 is 43.9. The van der Waals surface area contributed by atoms with Crippen molar-refractivity contribution in [2.45, 2.75) is 18.2 Å². The van der Waals surface area contributed by atoms with Crippen molar-refractivity contribution in [1.29, 1.82) is 0 Å². The van der Waals surface area contributed by atoms with Crippen LogP contribution >= 0.6 is 11.6 Å². The van der Waals surface area contributed by atoms with Gasteiger partial charge in [0.15, 0.2) is 5.82 Å². The number of nitrogens with zero attached hydrogens (tertiary/aromatic N) is 1. The van der Waals surface area contributed by atoms with Crippen molar-refractivity contribution in [3.63, 3.8) is 0 Å². The quantitative estimate of drug-likeness (QED) is 0.629. The highest BCUT2D eigenvalue weighted by atomic mass is 35.5. The molecule has 0 aliphatic rings. The molecule has 0 bridgehead atoms. The van der Waals surface area contributed by atoms with Gasteiger partial charge >= 0.3 is 5.97 Å². The molecule has 2 N–H and O–H groups in total. The minimum Gasteiger partial charge on any atom is -0.466 e. The van der Waals surface area contributed by atoms with Crippen LogP contribution in [0.3, 0.4) is 0 Å². The van der Waals surface area contributed by atoms with Gasteiger partial charge < -0.3 is 10.5 Å². The number of hydrogen-bond donors (Lipinski definition) is 1. The van der Waals surface area contributed by atoms with Gasteiger partial charge in [-0.2, -0.15) is 0 Å². The Kier molecular flexibility index (Phi) is 5.94. The minimum atomic E-state index is -4.14. The fourth-order valence-electron chi connectivity index (χ4n) is 1.54. The third-order valence-corrected chi connectivity index (χ3v) is 4.77. The molecule has 0 amide bonds. The normalized spacial score (nSPS) is 11.7. The second kappa shape index (κ2) is 7.06. The first kappa shape index (κ1) is 17.7. The maximum atomic E-state index is 13.9. The topological polar surface area (TPSA) is 89.7 Å². The van der Waals surface area contributed by atoms with E-state index in [1.807, 2.05) is 0 Å². The number of sulfonamides is 1. The molecule has 0 heterocycles. The second-order valence-corrected chi connectivity index (χ2v) is 6.62. The summed E-state index contributed by atoms with van der Waals surface area (Å²) in [6.45, 7) is 1.70. The van der Waals surface area contributed by atoms with Crippen LogP contribution in [0.15, 0.2) is 17.0 Å². The molecule has 0 atom stereocenters. The van der Waals surface area contributed by atoms with E-state index in [2.05, 4.69) is 0 Å². The van der Waals surface area contributed by atoms with E-state index >= 15 is 0 Å². The Morgan fingerprint density at radius 3 is 2.67 bits per heavy atom. The maximum absolute atomic E-state index is 13.9. The molecule has 1 rings (SSSR count). The summed E-state index contributed by atoms with van der Waals surface area (Å²) in [7, 11) is -2.91. The maximum Gasteiger partial charge on any atom is 0.307 e. The van der Waals surface area contributed by atoms with Gasteiger partial charge in [-0.3, -0.25) is 4.79 Å². The largest absolute Gasteiger partial charge is 0.466 e. The van der Waals surface area contributed by atoms with Crippen molar-refractivity contribution in [3.8, 4) is 0 Å². The number of anilines is 1. The standard InChI is InChI=1S/C12H16ClFN2O4S/c1-3-20-11(17)4-5-16(2)21(18,19)10-7-8(15)6-9(13)12(10)14/h6-7H,3-5,15H2,1-2H3. The van der Waals surface area contributed by atoms with Crippen molar-refractivity contribution in [2.24, 2.45) is 0 Å². The Hall–Kier alpha value is -1.38. The van der Waals surface area contributed by atoms with E-state index in [9.17, 15) is 17.6 Å². The molecule has 0 saturated heterocycles. The van der Waals surface area contributed by atoms with E-state index in [0.29, 0.717) is 0 Å². The molecule has 0 saturated carbocycles. The van der Waals surface area contributed by atoms with Crippen molar-refractivity contribution in [3.05, 3.63) is 23.0 Å². The predicted molar refractivity (Wildman–Crippen MR) is 76.9 cm³/mol. The molecule has 0 radical (unpaired) electrons. The lowest BCUT2D eigenvalue weighted by Gasteiger charge is -2.17. The molecule has 0 aliphatic carbocycles. The molecule has 1 aromatic rings. The van der Waals surface area contributed by atoms with E-state index in [-0.39, 0.29) is 30.3 Å². The van der Waals surface area contributed by atoms with Gasteiger partial charge in [-0.15, -0.1) is 0 Å². The highest BCUT2D eigenvalue weighted by Crippen LogP contribution is 2.27. The number of hydrogen-bond acceptors (Lipinski definition) is 5. The highest BCUT2D eigenvalue weighted by Gasteiger charge is 2.26. The van der Waals surface area contributed by atoms with E-state index in [1.165, 1.54) is 7.05 Å². The van der Waals surface area contributed by atoms with Crippen LogP contribution in [0.2, 0.25) is 5.02 Å². The molecule has 0 aliphatic heterocycles. The molecule has 0 fully saturated rings. The number of ether oxygens (including phenoxy) is 1. The average Bonchev–Trinajstić information content (AvgIpc) is 2.40. The number of nitrogen functional groups attached to an aromatic ring is 1. The van der Waals surface area contributed by atoms with Crippen molar-refractivity contribution in [2.75, 3.05) is 25.9 Å². The lowest BCUT2D eigenvalue weighted by molar-refractivity contribution is -0.143. The van der Waals surface area contributed by atoms with E-state index in [1.54, 1.807) is 6.92 Å². The summed E-state index contributed by atoms with van der Waals surface area (Å²) in [6.07, 6.45) is -0.138. The Labute approximate surface area is 127 Å². The smallest absolute Gasteiger partial charge is 0.307 e. The number of carbonyl (C=O) groups is 1. The van der Waals surface area contributed by atoms with E-state index < -0.39 is 26.7 Å². The zero-order valence-corrected chi connectivity index (χ0v) is 13.2. The van der Waals surface area contributed by atoms with Crippen LogP contribution in [0.5, 0.6) is 0 Å². The molecule has 6 nitrogen and oxygen atoms in total. The third kappa shape index (κ3) is 4.29. The fraction of sp³-hybridized carbons (Fsp3) is 0.417. The van der Waals surface area contributed by atoms with Gasteiger partial charge in [-0.1, -0.05) is 11.6 Å². The molecule has 0 unspecified atom stereocenters. The molecular weight excluding hydrogens is 323 g/mol. The van der Waals surface area contributed by atoms with Crippen LogP contribution in [0.1, 0.15) is 13.3 Å². The molecule has 0 aromatic heterocycles. The predicted octanol–water partition coefficient (Wildman–Crippen LogP) is 1.63. The highest BCUT2D eigenvalue weighted by molar-refractivity contribution is 7.89. The van der Waals surface area contributed by atoms with Gasteiger partial charge in [-0.05, 0) is 19.1 Å². The van der Waals surface area contributed by atoms with Crippen LogP contribution in [0, 0.1) is 5.82 Å². The summed E-state index contributed by atoms with van der Waals surface area (Å²) in [5.41, 5.74) is 5.51. The molecule has 21 heavy (non-hydrogen) atoms. The summed E-state index contributed by atoms with van der Waals surface area (Å²) in [4.78, 5) is 10.6. The summed E-state index contributed by atoms with van der Waals surface area (Å²) in [6, 6.07) is 2.10. The number of benzene rings is 1. The Bertz CT molecular complexity index is 636. The molecule has 118 valence electrons. The van der Waals surface area contributed by atoms with Crippen LogP contribution in [0.4, 0.5) is 10.1 Å². The number of esters is 1. The van der Waals surface area contributed by atoms with Gasteiger partial charge in [0.05, 0.1) is 18.1 Å². The Balaban J connectivity index is 2.98. The van der Waals surface area contributed by atoms with Gasteiger partial charge in [0.1, 0.15) is 4.90 Å². The van der Waals surface area contributed by atoms with Gasteiger partial charge in [0.25, 0.3) is 0 Å². The van der Waals surface area contributed by atoms with E-state index in [4.69, 9.17) is 22.1 Å². The minimum absolute atomic E-state index is 0.0266. The molecule has 9 heteroatoms. The lowest BCUT2D eigenvalue weighted by Crippen LogP contribution is -2.30. The Morgan fingerprint density at radius 1 is 1.48 bits per heavy atom. The van der Waals surface area contributed by atoms with Crippen LogP contribution in [-0.4, -0.2) is 38.9 Å². The summed E-state index contributed by atoms with van der Waals surface area (Å²) >= 11 is 5.59. The van der Waals surface area contributed by atoms with Crippen LogP contribution in [-0.2, 0) is 19.6 Å². The second-order valence-electron chi connectivity index (χ2n) is 4.20. The SMILES string of the molecule is CCOC(=O)CCN(C)S(=O)(=O)c1cc(N)cc(Cl)c1F. The molecule has 0 spiro atoms. The number of carbonyl (C=O) groups excluding carboxylic acids is 1. The zero-order valence-electron chi connectivity index (χ0n) is 11.6. The van der Waals surface area contributed by atoms with Gasteiger partial charge in [0, 0.05) is 19.3 Å². The monoisotopic (exact) mass is 338 g/mol. The van der Waals surface area contributed by atoms with Crippen molar-refractivity contribution < 1.29 is 22.3 Å². The molecular formula is C12H16ClFN2O4S. The van der Waals surface area contributed by atoms with Gasteiger partial charge in [0.2, 0.25) is 10.0 Å². The zero-order chi connectivity index (χ0) is 16.2. The third-order valence-electron chi connectivity index (χ3n) is 2.64. The first-order chi connectivity index (χ1) is 9.70. The fourth-order valence-corrected chi connectivity index (χ4v) is 3.11. The van der Waals surface area contributed by atoms with Crippen LogP contribution < -0.4 is 5.73 Å². The summed E-state index contributed by atoms with van der Waals surface area (Å²) in [5, 5.41) is -0.382. The average molecular weight is 339 g/mol. The molecule has 1 aromatic carbocycles. The number of rotatable bonds is 6. The van der Waals surface area contributed by atoms with Crippen LogP contribution in [0.25, 0.3) is 0 Å². The Morgan fingerprint density at radius 2 is 2.10 bits per heavy atom. The van der Waals surface area contributed by atoms with Crippen molar-refractivity contribution >= 4 is 33.3 Å².